The molecule has 0 aromatic rings. The van der Waals surface area contributed by atoms with Crippen LogP contribution in [0.2, 0.25) is 0 Å². The molecule has 1 N–H and O–H groups in total. The van der Waals surface area contributed by atoms with Crippen molar-refractivity contribution in [3.8, 4) is 0 Å². The summed E-state index contributed by atoms with van der Waals surface area (Å²) in [6.07, 6.45) is 15.7. The fraction of sp³-hybridized carbons (Fsp3) is 0.440. The molecule has 0 radical (unpaired) electrons. The minimum atomic E-state index is -0.285. The van der Waals surface area contributed by atoms with Gasteiger partial charge < -0.3 is 10.2 Å². The highest BCUT2D eigenvalue weighted by Crippen LogP contribution is 2.40. The number of halogens is 1. The SMILES string of the molecule is C=C/C=C(\C=C/C)C1=C(C2C(F)=CC=CC2C)N(CC(C)C)/C(=C\C)CNC1. The molecule has 0 saturated heterocycles. The van der Waals surface area contributed by atoms with Gasteiger partial charge in [0.15, 0.2) is 0 Å². The highest BCUT2D eigenvalue weighted by molar-refractivity contribution is 5.49. The van der Waals surface area contributed by atoms with Gasteiger partial charge in [-0.05, 0) is 42.9 Å². The molecule has 0 bridgehead atoms. The molecule has 2 atom stereocenters. The zero-order chi connectivity index (χ0) is 20.7. The highest BCUT2D eigenvalue weighted by Gasteiger charge is 2.35. The van der Waals surface area contributed by atoms with Crippen molar-refractivity contribution >= 4 is 0 Å². The molecule has 2 aliphatic rings. The second kappa shape index (κ2) is 10.4. The number of rotatable bonds is 6. The first-order valence-electron chi connectivity index (χ1n) is 10.3. The molecule has 2 rings (SSSR count). The number of nitrogens with zero attached hydrogens (tertiary/aromatic N) is 1. The summed E-state index contributed by atoms with van der Waals surface area (Å²) in [5.74, 6) is 0.204. The van der Waals surface area contributed by atoms with E-state index in [0.29, 0.717) is 12.5 Å². The van der Waals surface area contributed by atoms with Gasteiger partial charge in [0.25, 0.3) is 0 Å². The summed E-state index contributed by atoms with van der Waals surface area (Å²) in [6, 6.07) is 0. The molecule has 0 amide bonds. The van der Waals surface area contributed by atoms with Crippen LogP contribution in [0.15, 0.2) is 83.6 Å². The third-order valence-electron chi connectivity index (χ3n) is 5.22. The van der Waals surface area contributed by atoms with E-state index in [0.717, 1.165) is 29.9 Å². The van der Waals surface area contributed by atoms with Gasteiger partial charge in [0, 0.05) is 31.0 Å². The van der Waals surface area contributed by atoms with Crippen molar-refractivity contribution in [3.05, 3.63) is 83.6 Å². The summed E-state index contributed by atoms with van der Waals surface area (Å²) in [7, 11) is 0. The standard InChI is InChI=1S/C25H35FN2/c1-7-11-20(12-8-2)22-16-27-15-21(9-3)28(17-18(4)5)25(22)24-19(6)13-10-14-23(24)26/h7-14,18-19,24,27H,1,15-17H2,2-6H3/b12-8-,20-11+,21-9-. The first-order chi connectivity index (χ1) is 13.4. The second-order valence-corrected chi connectivity index (χ2v) is 7.88. The monoisotopic (exact) mass is 382 g/mol. The molecule has 1 heterocycles. The summed E-state index contributed by atoms with van der Waals surface area (Å²) < 4.78 is 15.2. The Hall–Kier alpha value is -2.13. The quantitative estimate of drug-likeness (QED) is 0.561. The molecular weight excluding hydrogens is 347 g/mol. The van der Waals surface area contributed by atoms with E-state index < -0.39 is 0 Å². The molecule has 0 aromatic carbocycles. The Morgan fingerprint density at radius 3 is 2.68 bits per heavy atom. The van der Waals surface area contributed by atoms with Crippen LogP contribution in [0, 0.1) is 17.8 Å². The first kappa shape index (κ1) is 22.2. The van der Waals surface area contributed by atoms with Gasteiger partial charge in [0.2, 0.25) is 0 Å². The first-order valence-corrected chi connectivity index (χ1v) is 10.3. The van der Waals surface area contributed by atoms with E-state index in [1.165, 1.54) is 5.70 Å². The van der Waals surface area contributed by atoms with Crippen LogP contribution in [-0.4, -0.2) is 24.5 Å². The third-order valence-corrected chi connectivity index (χ3v) is 5.22. The average Bonchev–Trinajstić information content (AvgIpc) is 2.81. The molecule has 2 unspecified atom stereocenters. The summed E-state index contributed by atoms with van der Waals surface area (Å²) in [5.41, 5.74) is 4.50. The van der Waals surface area contributed by atoms with Gasteiger partial charge in [-0.1, -0.05) is 69.9 Å². The fourth-order valence-electron chi connectivity index (χ4n) is 3.99. The van der Waals surface area contributed by atoms with E-state index in [4.69, 9.17) is 0 Å². The van der Waals surface area contributed by atoms with E-state index in [2.05, 4.69) is 62.7 Å². The Morgan fingerprint density at radius 2 is 2.11 bits per heavy atom. The van der Waals surface area contributed by atoms with Crippen LogP contribution in [0.25, 0.3) is 0 Å². The molecule has 0 spiro atoms. The molecular formula is C25H35FN2. The fourth-order valence-corrected chi connectivity index (χ4v) is 3.99. The van der Waals surface area contributed by atoms with Crippen molar-refractivity contribution in [1.82, 2.24) is 10.2 Å². The smallest absolute Gasteiger partial charge is 0.109 e. The second-order valence-electron chi connectivity index (χ2n) is 7.88. The molecule has 3 heteroatoms. The zero-order valence-corrected chi connectivity index (χ0v) is 18.0. The van der Waals surface area contributed by atoms with Crippen LogP contribution in [-0.2, 0) is 0 Å². The van der Waals surface area contributed by atoms with Gasteiger partial charge in [0.05, 0.1) is 5.92 Å². The largest absolute Gasteiger partial charge is 0.346 e. The lowest BCUT2D eigenvalue weighted by Crippen LogP contribution is -2.35. The van der Waals surface area contributed by atoms with Crippen LogP contribution in [0.4, 0.5) is 4.39 Å². The lowest BCUT2D eigenvalue weighted by molar-refractivity contribution is 0.295. The van der Waals surface area contributed by atoms with Crippen molar-refractivity contribution in [2.75, 3.05) is 19.6 Å². The van der Waals surface area contributed by atoms with Gasteiger partial charge in [-0.15, -0.1) is 0 Å². The van der Waals surface area contributed by atoms with Crippen molar-refractivity contribution in [1.29, 1.82) is 0 Å². The highest BCUT2D eigenvalue weighted by atomic mass is 19.1. The van der Waals surface area contributed by atoms with Gasteiger partial charge in [0.1, 0.15) is 5.83 Å². The predicted octanol–water partition coefficient (Wildman–Crippen LogP) is 6.07. The molecule has 152 valence electrons. The van der Waals surface area contributed by atoms with Crippen LogP contribution in [0.3, 0.4) is 0 Å². The van der Waals surface area contributed by atoms with E-state index in [1.807, 2.05) is 31.2 Å². The Bertz CT molecular complexity index is 747. The van der Waals surface area contributed by atoms with Crippen molar-refractivity contribution < 1.29 is 4.39 Å². The lowest BCUT2D eigenvalue weighted by Gasteiger charge is -2.38. The Kier molecular flexibility index (Phi) is 8.25. The number of hydrogen-bond donors (Lipinski definition) is 1. The van der Waals surface area contributed by atoms with Crippen molar-refractivity contribution in [2.45, 2.75) is 34.6 Å². The lowest BCUT2D eigenvalue weighted by atomic mass is 9.82. The maximum Gasteiger partial charge on any atom is 0.109 e. The summed E-state index contributed by atoms with van der Waals surface area (Å²) >= 11 is 0. The van der Waals surface area contributed by atoms with Gasteiger partial charge in [-0.2, -0.15) is 0 Å². The molecule has 0 saturated carbocycles. The molecule has 0 fully saturated rings. The van der Waals surface area contributed by atoms with Crippen LogP contribution < -0.4 is 5.32 Å². The topological polar surface area (TPSA) is 15.3 Å². The summed E-state index contributed by atoms with van der Waals surface area (Å²) in [6.45, 7) is 16.8. The van der Waals surface area contributed by atoms with Crippen molar-refractivity contribution in [3.63, 3.8) is 0 Å². The minimum Gasteiger partial charge on any atom is -0.346 e. The molecule has 1 aliphatic heterocycles. The minimum absolute atomic E-state index is 0.0629. The van der Waals surface area contributed by atoms with Gasteiger partial charge in [-0.3, -0.25) is 0 Å². The van der Waals surface area contributed by atoms with Crippen molar-refractivity contribution in [2.24, 2.45) is 17.8 Å². The van der Waals surface area contributed by atoms with Gasteiger partial charge >= 0.3 is 0 Å². The Labute approximate surface area is 170 Å². The number of hydrogen-bond acceptors (Lipinski definition) is 2. The average molecular weight is 383 g/mol. The molecule has 28 heavy (non-hydrogen) atoms. The maximum atomic E-state index is 15.2. The normalized spacial score (nSPS) is 25.7. The van der Waals surface area contributed by atoms with E-state index in [1.54, 1.807) is 6.08 Å². The van der Waals surface area contributed by atoms with E-state index >= 15 is 4.39 Å². The molecule has 1 aliphatic carbocycles. The number of allylic oxidation sites excluding steroid dienone is 9. The maximum absolute atomic E-state index is 15.2. The van der Waals surface area contributed by atoms with Gasteiger partial charge in [-0.25, -0.2) is 4.39 Å². The Balaban J connectivity index is 2.79. The van der Waals surface area contributed by atoms with E-state index in [-0.39, 0.29) is 17.7 Å². The molecule has 2 nitrogen and oxygen atoms in total. The third kappa shape index (κ3) is 5.02. The number of nitrogens with one attached hydrogen (secondary N) is 1. The summed E-state index contributed by atoms with van der Waals surface area (Å²) in [4.78, 5) is 2.36. The predicted molar refractivity (Wildman–Crippen MR) is 119 cm³/mol. The van der Waals surface area contributed by atoms with Crippen LogP contribution in [0.1, 0.15) is 34.6 Å². The van der Waals surface area contributed by atoms with Crippen LogP contribution in [0.5, 0.6) is 0 Å². The summed E-state index contributed by atoms with van der Waals surface area (Å²) in [5, 5.41) is 3.56. The molecule has 0 aromatic heterocycles. The van der Waals surface area contributed by atoms with E-state index in [9.17, 15) is 0 Å². The Morgan fingerprint density at radius 1 is 1.36 bits per heavy atom. The zero-order valence-electron chi connectivity index (χ0n) is 18.0. The van der Waals surface area contributed by atoms with Crippen LogP contribution >= 0.6 is 0 Å².